The maximum absolute atomic E-state index is 10.7. The van der Waals surface area contributed by atoms with Crippen LogP contribution < -0.4 is 11.3 Å². The molecule has 0 radical (unpaired) electrons. The Morgan fingerprint density at radius 3 is 2.90 bits per heavy atom. The molecule has 0 aliphatic heterocycles. The van der Waals surface area contributed by atoms with Gasteiger partial charge in [-0.1, -0.05) is 12.2 Å². The first-order valence-electron chi connectivity index (χ1n) is 2.39. The molecule has 1 amide bonds. The first-order valence-corrected chi connectivity index (χ1v) is 2.80. The second kappa shape index (κ2) is 2.58. The van der Waals surface area contributed by atoms with Crippen LogP contribution in [0.3, 0.4) is 0 Å². The number of rotatable bonds is 1. The first kappa shape index (κ1) is 6.90. The maximum atomic E-state index is 10.7. The Morgan fingerprint density at radius 2 is 2.50 bits per heavy atom. The number of aromatic nitrogens is 3. The average molecular weight is 159 g/mol. The molecule has 0 bridgehead atoms. The van der Waals surface area contributed by atoms with E-state index < -0.39 is 5.91 Å². The quantitative estimate of drug-likeness (QED) is 0.184. The molecule has 5 N–H and O–H groups in total. The number of hydrazine groups is 1. The van der Waals surface area contributed by atoms with E-state index in [-0.39, 0.29) is 10.3 Å². The SMILES string of the molecule is NNC(=O)c1n[nH][nH]c1=S. The Bertz CT molecular complexity index is 287. The minimum atomic E-state index is -0.512. The van der Waals surface area contributed by atoms with Crippen molar-refractivity contribution in [1.29, 1.82) is 0 Å². The van der Waals surface area contributed by atoms with Crippen molar-refractivity contribution >= 4 is 18.1 Å². The summed E-state index contributed by atoms with van der Waals surface area (Å²) >= 11 is 4.66. The lowest BCUT2D eigenvalue weighted by atomic mass is 10.5. The van der Waals surface area contributed by atoms with Crippen LogP contribution in [-0.2, 0) is 0 Å². The van der Waals surface area contributed by atoms with Crippen LogP contribution in [0.2, 0.25) is 0 Å². The van der Waals surface area contributed by atoms with Crippen molar-refractivity contribution in [2.24, 2.45) is 5.84 Å². The Balaban J connectivity index is 3.05. The fourth-order valence-electron chi connectivity index (χ4n) is 0.467. The average Bonchev–Trinajstić information content (AvgIpc) is 2.34. The number of carbonyl (C=O) groups excluding carboxylic acids is 1. The highest BCUT2D eigenvalue weighted by Gasteiger charge is 2.07. The van der Waals surface area contributed by atoms with Gasteiger partial charge in [0.05, 0.1) is 0 Å². The van der Waals surface area contributed by atoms with E-state index >= 15 is 0 Å². The third-order valence-electron chi connectivity index (χ3n) is 0.898. The summed E-state index contributed by atoms with van der Waals surface area (Å²) < 4.78 is 0.239. The number of nitrogen functional groups attached to an aromatic ring is 1. The van der Waals surface area contributed by atoms with Crippen molar-refractivity contribution in [3.8, 4) is 0 Å². The number of nitrogens with zero attached hydrogens (tertiary/aromatic N) is 1. The van der Waals surface area contributed by atoms with Gasteiger partial charge in [-0.3, -0.25) is 15.3 Å². The number of hydrogen-bond acceptors (Lipinski definition) is 4. The lowest BCUT2D eigenvalue weighted by Crippen LogP contribution is -2.30. The van der Waals surface area contributed by atoms with Gasteiger partial charge in [0.15, 0.2) is 10.3 Å². The Labute approximate surface area is 60.8 Å². The van der Waals surface area contributed by atoms with Gasteiger partial charge >= 0.3 is 0 Å². The van der Waals surface area contributed by atoms with E-state index in [1.807, 2.05) is 5.43 Å². The van der Waals surface area contributed by atoms with Gasteiger partial charge in [-0.2, -0.15) is 5.10 Å². The van der Waals surface area contributed by atoms with Crippen LogP contribution >= 0.6 is 12.2 Å². The summed E-state index contributed by atoms with van der Waals surface area (Å²) in [5, 5.41) is 8.27. The number of hydrogen-bond donors (Lipinski definition) is 4. The van der Waals surface area contributed by atoms with E-state index in [9.17, 15) is 4.79 Å². The second-order valence-electron chi connectivity index (χ2n) is 1.50. The largest absolute Gasteiger partial charge is 0.289 e. The molecule has 0 spiro atoms. The molecule has 0 unspecified atom stereocenters. The normalized spacial score (nSPS) is 9.30. The molecule has 1 aromatic heterocycles. The fourth-order valence-corrected chi connectivity index (χ4v) is 0.651. The van der Waals surface area contributed by atoms with E-state index in [0.29, 0.717) is 0 Å². The molecule has 1 rings (SSSR count). The number of nitrogens with one attached hydrogen (secondary N) is 3. The monoisotopic (exact) mass is 159 g/mol. The molecule has 1 aromatic rings. The van der Waals surface area contributed by atoms with Crippen LogP contribution in [0.4, 0.5) is 0 Å². The van der Waals surface area contributed by atoms with Gasteiger partial charge in [-0.25, -0.2) is 11.1 Å². The molecule has 10 heavy (non-hydrogen) atoms. The van der Waals surface area contributed by atoms with E-state index in [4.69, 9.17) is 5.84 Å². The van der Waals surface area contributed by atoms with Crippen LogP contribution in [-0.4, -0.2) is 21.3 Å². The van der Waals surface area contributed by atoms with Crippen LogP contribution in [0.25, 0.3) is 0 Å². The van der Waals surface area contributed by atoms with Crippen molar-refractivity contribution in [2.45, 2.75) is 0 Å². The van der Waals surface area contributed by atoms with Gasteiger partial charge in [0, 0.05) is 0 Å². The Kier molecular flexibility index (Phi) is 1.78. The molecule has 6 nitrogen and oxygen atoms in total. The molecule has 0 aromatic carbocycles. The van der Waals surface area contributed by atoms with Gasteiger partial charge in [0.25, 0.3) is 5.91 Å². The predicted octanol–water partition coefficient (Wildman–Crippen LogP) is -0.929. The number of amides is 1. The van der Waals surface area contributed by atoms with Crippen LogP contribution in [0.15, 0.2) is 0 Å². The van der Waals surface area contributed by atoms with Crippen LogP contribution in [0.1, 0.15) is 10.5 Å². The molecule has 1 heterocycles. The summed E-state index contributed by atoms with van der Waals surface area (Å²) in [4.78, 5) is 10.7. The van der Waals surface area contributed by atoms with E-state index in [2.05, 4.69) is 27.6 Å². The Hall–Kier alpha value is -1.21. The smallest absolute Gasteiger partial charge is 0.288 e. The summed E-state index contributed by atoms with van der Waals surface area (Å²) in [6, 6.07) is 0. The van der Waals surface area contributed by atoms with Gasteiger partial charge in [0.1, 0.15) is 0 Å². The Morgan fingerprint density at radius 1 is 1.80 bits per heavy atom. The molecular formula is C3H5N5OS. The molecule has 0 aliphatic carbocycles. The third kappa shape index (κ3) is 1.04. The van der Waals surface area contributed by atoms with Crippen molar-refractivity contribution in [1.82, 2.24) is 20.8 Å². The highest BCUT2D eigenvalue weighted by Crippen LogP contribution is 1.90. The maximum Gasteiger partial charge on any atom is 0.288 e. The summed E-state index contributed by atoms with van der Waals surface area (Å²) in [7, 11) is 0. The fraction of sp³-hybridized carbons (Fsp3) is 0. The highest BCUT2D eigenvalue weighted by molar-refractivity contribution is 7.71. The van der Waals surface area contributed by atoms with Crippen LogP contribution in [0, 0.1) is 4.64 Å². The lowest BCUT2D eigenvalue weighted by molar-refractivity contribution is 0.0948. The number of aromatic amines is 2. The third-order valence-corrected chi connectivity index (χ3v) is 1.19. The minimum Gasteiger partial charge on any atom is -0.289 e. The number of carbonyl (C=O) groups is 1. The number of H-pyrrole nitrogens is 2. The predicted molar refractivity (Wildman–Crippen MR) is 35.4 cm³/mol. The zero-order chi connectivity index (χ0) is 7.56. The van der Waals surface area contributed by atoms with Crippen molar-refractivity contribution in [3.63, 3.8) is 0 Å². The standard InChI is InChI=1S/C3H5N5OS/c4-5-2(9)1-3(10)7-8-6-1/h4H2,(H,5,9)(H2,6,7,8,10). The van der Waals surface area contributed by atoms with Gasteiger partial charge in [-0.05, 0) is 0 Å². The van der Waals surface area contributed by atoms with Crippen LogP contribution in [0.5, 0.6) is 0 Å². The first-order chi connectivity index (χ1) is 4.75. The molecule has 0 fully saturated rings. The van der Waals surface area contributed by atoms with Gasteiger partial charge in [-0.15, -0.1) is 0 Å². The molecule has 0 saturated heterocycles. The highest BCUT2D eigenvalue weighted by atomic mass is 32.1. The zero-order valence-corrected chi connectivity index (χ0v) is 5.66. The lowest BCUT2D eigenvalue weighted by Gasteiger charge is -1.89. The second-order valence-corrected chi connectivity index (χ2v) is 1.91. The summed E-state index contributed by atoms with van der Waals surface area (Å²) in [5.41, 5.74) is 2.00. The molecule has 0 aliphatic rings. The van der Waals surface area contributed by atoms with Gasteiger partial charge < -0.3 is 0 Å². The summed E-state index contributed by atoms with van der Waals surface area (Å²) in [6.07, 6.45) is 0. The molecular weight excluding hydrogens is 154 g/mol. The van der Waals surface area contributed by atoms with Crippen molar-refractivity contribution in [2.75, 3.05) is 0 Å². The van der Waals surface area contributed by atoms with E-state index in [1.165, 1.54) is 0 Å². The topological polar surface area (TPSA) is 99.6 Å². The minimum absolute atomic E-state index is 0.0949. The summed E-state index contributed by atoms with van der Waals surface area (Å²) in [5.74, 6) is 4.31. The molecule has 54 valence electrons. The van der Waals surface area contributed by atoms with Crippen molar-refractivity contribution < 1.29 is 4.79 Å². The molecule has 7 heteroatoms. The van der Waals surface area contributed by atoms with E-state index in [0.717, 1.165) is 0 Å². The number of nitrogens with two attached hydrogens (primary N) is 1. The zero-order valence-electron chi connectivity index (χ0n) is 4.84. The molecule has 0 atom stereocenters. The summed E-state index contributed by atoms with van der Waals surface area (Å²) in [6.45, 7) is 0. The van der Waals surface area contributed by atoms with E-state index in [1.54, 1.807) is 0 Å². The van der Waals surface area contributed by atoms with Crippen molar-refractivity contribution in [3.05, 3.63) is 10.3 Å². The van der Waals surface area contributed by atoms with Gasteiger partial charge in [0.2, 0.25) is 0 Å². The molecule has 0 saturated carbocycles.